The molecule has 0 aliphatic rings. The Balaban J connectivity index is 2.38. The van der Waals surface area contributed by atoms with Crippen LogP contribution >= 0.6 is 0 Å². The average Bonchev–Trinajstić information content (AvgIpc) is 2.57. The summed E-state index contributed by atoms with van der Waals surface area (Å²) in [5.41, 5.74) is 3.46. The van der Waals surface area contributed by atoms with E-state index in [0.29, 0.717) is 0 Å². The summed E-state index contributed by atoms with van der Waals surface area (Å²) in [6.07, 6.45) is 8.78. The summed E-state index contributed by atoms with van der Waals surface area (Å²) in [6, 6.07) is 6.31. The topological polar surface area (TPSA) is 17.8 Å². The second kappa shape index (κ2) is 3.55. The number of fused-ring (bicyclic) bond motifs is 1. The third kappa shape index (κ3) is 1.49. The van der Waals surface area contributed by atoms with E-state index in [2.05, 4.69) is 29.1 Å². The molecule has 0 aliphatic heterocycles. The first-order valence-corrected chi connectivity index (χ1v) is 4.64. The predicted octanol–water partition coefficient (Wildman–Crippen LogP) is 2.14. The van der Waals surface area contributed by atoms with E-state index >= 15 is 0 Å². The molecule has 0 aliphatic carbocycles. The molecule has 2 rings (SSSR count). The molecule has 0 spiro atoms. The zero-order chi connectivity index (χ0) is 9.97. The van der Waals surface area contributed by atoms with Crippen LogP contribution in [-0.4, -0.2) is 9.55 Å². The van der Waals surface area contributed by atoms with Crippen molar-refractivity contribution >= 4 is 11.0 Å². The number of hydrogen-bond acceptors (Lipinski definition) is 1. The monoisotopic (exact) mass is 184 g/mol. The first-order chi connectivity index (χ1) is 6.81. The van der Waals surface area contributed by atoms with Gasteiger partial charge in [-0.05, 0) is 24.1 Å². The lowest BCUT2D eigenvalue weighted by Crippen LogP contribution is -1.86. The molecule has 0 saturated heterocycles. The van der Waals surface area contributed by atoms with Crippen LogP contribution in [0.5, 0.6) is 0 Å². The van der Waals surface area contributed by atoms with E-state index in [0.717, 1.165) is 23.9 Å². The van der Waals surface area contributed by atoms with Gasteiger partial charge in [0, 0.05) is 13.5 Å². The molecule has 1 heterocycles. The maximum absolute atomic E-state index is 5.22. The molecule has 70 valence electrons. The lowest BCUT2D eigenvalue weighted by atomic mass is 10.1. The van der Waals surface area contributed by atoms with Crippen molar-refractivity contribution in [2.45, 2.75) is 12.8 Å². The molecule has 0 saturated carbocycles. The van der Waals surface area contributed by atoms with E-state index < -0.39 is 0 Å². The highest BCUT2D eigenvalue weighted by Crippen LogP contribution is 2.14. The van der Waals surface area contributed by atoms with Gasteiger partial charge in [0.2, 0.25) is 0 Å². The molecular weight excluding hydrogens is 172 g/mol. The van der Waals surface area contributed by atoms with Gasteiger partial charge in [0.05, 0.1) is 17.4 Å². The molecule has 0 radical (unpaired) electrons. The van der Waals surface area contributed by atoms with Crippen LogP contribution in [0.3, 0.4) is 0 Å². The van der Waals surface area contributed by atoms with Crippen LogP contribution < -0.4 is 0 Å². The largest absolute Gasteiger partial charge is 0.334 e. The maximum atomic E-state index is 5.22. The van der Waals surface area contributed by atoms with Crippen LogP contribution in [-0.2, 0) is 13.5 Å². The Morgan fingerprint density at radius 3 is 3.14 bits per heavy atom. The summed E-state index contributed by atoms with van der Waals surface area (Å²) in [7, 11) is 2.00. The minimum Gasteiger partial charge on any atom is -0.334 e. The molecule has 14 heavy (non-hydrogen) atoms. The molecule has 0 unspecified atom stereocenters. The van der Waals surface area contributed by atoms with Crippen molar-refractivity contribution < 1.29 is 0 Å². The van der Waals surface area contributed by atoms with Gasteiger partial charge in [0.25, 0.3) is 0 Å². The third-order valence-electron chi connectivity index (χ3n) is 2.35. The molecule has 0 amide bonds. The third-order valence-corrected chi connectivity index (χ3v) is 2.35. The molecule has 0 N–H and O–H groups in total. The van der Waals surface area contributed by atoms with Crippen LogP contribution in [0.1, 0.15) is 12.0 Å². The molecule has 2 heteroatoms. The number of benzene rings is 1. The fraction of sp³-hybridized carbons (Fsp3) is 0.250. The van der Waals surface area contributed by atoms with E-state index in [1.807, 2.05) is 17.9 Å². The second-order valence-corrected chi connectivity index (χ2v) is 3.38. The Bertz CT molecular complexity index is 488. The van der Waals surface area contributed by atoms with E-state index in [9.17, 15) is 0 Å². The normalized spacial score (nSPS) is 10.3. The van der Waals surface area contributed by atoms with Crippen LogP contribution in [0.25, 0.3) is 11.0 Å². The Hall–Kier alpha value is -1.75. The molecule has 0 bridgehead atoms. The highest BCUT2D eigenvalue weighted by Gasteiger charge is 2.00. The van der Waals surface area contributed by atoms with Gasteiger partial charge in [-0.25, -0.2) is 4.98 Å². The van der Waals surface area contributed by atoms with Crippen molar-refractivity contribution in [3.8, 4) is 12.3 Å². The number of hydrogen-bond donors (Lipinski definition) is 0. The number of aromatic nitrogens is 2. The molecule has 0 fully saturated rings. The van der Waals surface area contributed by atoms with Gasteiger partial charge in [-0.15, -0.1) is 12.3 Å². The van der Waals surface area contributed by atoms with E-state index in [1.165, 1.54) is 5.56 Å². The summed E-state index contributed by atoms with van der Waals surface area (Å²) in [5.74, 6) is 2.64. The van der Waals surface area contributed by atoms with Crippen molar-refractivity contribution in [2.75, 3.05) is 0 Å². The standard InChI is InChI=1S/C12H12N2/c1-3-4-5-10-6-7-12-11(8-10)13-9-14(12)2/h1,6-9H,4-5H2,2H3. The summed E-state index contributed by atoms with van der Waals surface area (Å²) < 4.78 is 2.01. The zero-order valence-electron chi connectivity index (χ0n) is 8.20. The van der Waals surface area contributed by atoms with Gasteiger partial charge in [0.1, 0.15) is 0 Å². The Kier molecular flexibility index (Phi) is 2.24. The van der Waals surface area contributed by atoms with Crippen LogP contribution in [0.4, 0.5) is 0 Å². The van der Waals surface area contributed by atoms with Crippen molar-refractivity contribution in [3.63, 3.8) is 0 Å². The zero-order valence-corrected chi connectivity index (χ0v) is 8.20. The summed E-state index contributed by atoms with van der Waals surface area (Å²) >= 11 is 0. The van der Waals surface area contributed by atoms with Crippen LogP contribution in [0.15, 0.2) is 24.5 Å². The van der Waals surface area contributed by atoms with E-state index in [4.69, 9.17) is 6.42 Å². The van der Waals surface area contributed by atoms with Gasteiger partial charge in [-0.3, -0.25) is 0 Å². The Morgan fingerprint density at radius 1 is 1.50 bits per heavy atom. The van der Waals surface area contributed by atoms with Crippen molar-refractivity contribution in [2.24, 2.45) is 7.05 Å². The Labute approximate surface area is 83.6 Å². The number of aryl methyl sites for hydroxylation is 2. The minimum atomic E-state index is 0.790. The molecular formula is C12H12N2. The highest BCUT2D eigenvalue weighted by molar-refractivity contribution is 5.75. The average molecular weight is 184 g/mol. The molecule has 1 aromatic heterocycles. The van der Waals surface area contributed by atoms with Gasteiger partial charge >= 0.3 is 0 Å². The fourth-order valence-electron chi connectivity index (χ4n) is 1.55. The van der Waals surface area contributed by atoms with Crippen molar-refractivity contribution in [3.05, 3.63) is 30.1 Å². The van der Waals surface area contributed by atoms with Gasteiger partial charge in [0.15, 0.2) is 0 Å². The van der Waals surface area contributed by atoms with Crippen molar-refractivity contribution in [1.82, 2.24) is 9.55 Å². The molecule has 2 nitrogen and oxygen atoms in total. The van der Waals surface area contributed by atoms with Gasteiger partial charge in [-0.2, -0.15) is 0 Å². The van der Waals surface area contributed by atoms with Crippen molar-refractivity contribution in [1.29, 1.82) is 0 Å². The quantitative estimate of drug-likeness (QED) is 0.654. The number of imidazole rings is 1. The SMILES string of the molecule is C#CCCc1ccc2c(c1)ncn2C. The first-order valence-electron chi connectivity index (χ1n) is 4.64. The second-order valence-electron chi connectivity index (χ2n) is 3.38. The summed E-state index contributed by atoms with van der Waals surface area (Å²) in [6.45, 7) is 0. The molecule has 1 aromatic carbocycles. The molecule has 0 atom stereocenters. The van der Waals surface area contributed by atoms with Crippen LogP contribution in [0.2, 0.25) is 0 Å². The lowest BCUT2D eigenvalue weighted by molar-refractivity contribution is 0.947. The van der Waals surface area contributed by atoms with Gasteiger partial charge < -0.3 is 4.57 Å². The lowest BCUT2D eigenvalue weighted by Gasteiger charge is -1.98. The van der Waals surface area contributed by atoms with Crippen LogP contribution in [0, 0.1) is 12.3 Å². The predicted molar refractivity (Wildman–Crippen MR) is 57.9 cm³/mol. The number of terminal acetylenes is 1. The fourth-order valence-corrected chi connectivity index (χ4v) is 1.55. The number of rotatable bonds is 2. The highest BCUT2D eigenvalue weighted by atomic mass is 15.0. The maximum Gasteiger partial charge on any atom is 0.0955 e. The number of nitrogens with zero attached hydrogens (tertiary/aromatic N) is 2. The summed E-state index contributed by atoms with van der Waals surface area (Å²) in [4.78, 5) is 4.30. The first kappa shape index (κ1) is 8.83. The molecule has 2 aromatic rings. The smallest absolute Gasteiger partial charge is 0.0955 e. The van der Waals surface area contributed by atoms with E-state index in [-0.39, 0.29) is 0 Å². The Morgan fingerprint density at radius 2 is 2.36 bits per heavy atom. The van der Waals surface area contributed by atoms with E-state index in [1.54, 1.807) is 0 Å². The summed E-state index contributed by atoms with van der Waals surface area (Å²) in [5, 5.41) is 0. The minimum absolute atomic E-state index is 0.790. The van der Waals surface area contributed by atoms with Gasteiger partial charge in [-0.1, -0.05) is 6.07 Å².